The lowest BCUT2D eigenvalue weighted by atomic mass is 9.93. The smallest absolute Gasteiger partial charge is 0.342 e. The van der Waals surface area contributed by atoms with Crippen molar-refractivity contribution in [1.82, 2.24) is 0 Å². The molecule has 2 saturated heterocycles. The van der Waals surface area contributed by atoms with Gasteiger partial charge in [-0.1, -0.05) is 150 Å². The van der Waals surface area contributed by atoms with E-state index in [1.807, 2.05) is 132 Å². The largest absolute Gasteiger partial charge is 0.478 e. The maximum atomic E-state index is 13.6. The van der Waals surface area contributed by atoms with Crippen LogP contribution in [0, 0.1) is 11.8 Å². The number of carbonyl (C=O) groups excluding carboxylic acids is 1. The van der Waals surface area contributed by atoms with Crippen molar-refractivity contribution in [3.8, 4) is 33.8 Å². The molecule has 0 amide bonds. The number of aliphatic hydroxyl groups excluding tert-OH is 3. The first-order valence-corrected chi connectivity index (χ1v) is 25.3. The molecule has 2 unspecified atom stereocenters. The van der Waals surface area contributed by atoms with Crippen molar-refractivity contribution in [2.45, 2.75) is 143 Å². The standard InChI is InChI=1S/C30H38O8.C30H36O7.2CH4/c1-19(20(2)31)14-16-24(32)28-26(37-30(3,4)38-28)13-9-12-23-22(21-10-7-6-8-11-21)15-17-25(36-18-35-5)27(23)29(33)34;1-19-14-16-24(31)28-26(36-30(3,4)37-28)13-9-12-23-22(21-10-7-6-8-11-21)15-17-25(34-18-33-5)27(23)29(32)35-20(19)2;;/h6-12,14-17,19-20,24,26,28,31-32H,13,18H2,1-5H3,(H,33,34);6-12,14-17,19-20,24,26,28,31H,13,18H2,1-5H3;2*1H4/b12-9+,16-14-;12-9?,16-14-;;/t2*19-,20+,24?,26+,28-;;/m11../s1. The Morgan fingerprint density at radius 2 is 1.35 bits per heavy atom. The van der Waals surface area contributed by atoms with Crippen molar-refractivity contribution in [2.24, 2.45) is 11.8 Å². The van der Waals surface area contributed by atoms with Gasteiger partial charge in [0.2, 0.25) is 0 Å². The van der Waals surface area contributed by atoms with Crippen molar-refractivity contribution in [3.05, 3.63) is 144 Å². The Bertz CT molecular complexity index is 2620. The van der Waals surface area contributed by atoms with E-state index in [1.165, 1.54) is 14.2 Å². The van der Waals surface area contributed by atoms with E-state index in [1.54, 1.807) is 57.2 Å². The van der Waals surface area contributed by atoms with E-state index in [9.17, 15) is 30.0 Å². The molecule has 0 bridgehead atoms. The Morgan fingerprint density at radius 1 is 0.766 bits per heavy atom. The molecule has 15 heteroatoms. The molecule has 2 fully saturated rings. The predicted molar refractivity (Wildman–Crippen MR) is 299 cm³/mol. The average molecular weight is 1070 g/mol. The van der Waals surface area contributed by atoms with Crippen LogP contribution in [0.15, 0.2) is 121 Å². The van der Waals surface area contributed by atoms with Crippen LogP contribution in [0.1, 0.15) is 115 Å². The van der Waals surface area contributed by atoms with Crippen molar-refractivity contribution >= 4 is 24.1 Å². The van der Waals surface area contributed by atoms with E-state index in [0.29, 0.717) is 35.3 Å². The normalized spacial score (nSPS) is 24.3. The van der Waals surface area contributed by atoms with Crippen molar-refractivity contribution in [2.75, 3.05) is 27.8 Å². The Labute approximate surface area is 455 Å². The number of esters is 1. The third kappa shape index (κ3) is 17.0. The van der Waals surface area contributed by atoms with Gasteiger partial charge in [0.25, 0.3) is 0 Å². The quantitative estimate of drug-likeness (QED) is 0.0469. The summed E-state index contributed by atoms with van der Waals surface area (Å²) in [4.78, 5) is 26.0. The van der Waals surface area contributed by atoms with Gasteiger partial charge in [-0.05, 0) is 94.7 Å². The van der Waals surface area contributed by atoms with Crippen LogP contribution < -0.4 is 9.47 Å². The first-order chi connectivity index (χ1) is 35.7. The Kier molecular flexibility index (Phi) is 24.0. The lowest BCUT2D eigenvalue weighted by Gasteiger charge is -2.23. The number of aromatic carboxylic acids is 1. The minimum absolute atomic E-state index is 0. The third-order valence-corrected chi connectivity index (χ3v) is 13.1. The first-order valence-electron chi connectivity index (χ1n) is 25.3. The van der Waals surface area contributed by atoms with Crippen LogP contribution >= 0.6 is 0 Å². The second kappa shape index (κ2) is 29.1. The van der Waals surface area contributed by atoms with E-state index in [-0.39, 0.29) is 57.7 Å². The first kappa shape index (κ1) is 63.6. The van der Waals surface area contributed by atoms with E-state index in [0.717, 1.165) is 22.3 Å². The fourth-order valence-electron chi connectivity index (χ4n) is 8.96. The van der Waals surface area contributed by atoms with Gasteiger partial charge >= 0.3 is 11.9 Å². The van der Waals surface area contributed by atoms with Crippen molar-refractivity contribution < 1.29 is 72.6 Å². The number of benzene rings is 4. The molecule has 77 heavy (non-hydrogen) atoms. The number of carbonyl (C=O) groups is 2. The number of fused-ring (bicyclic) bond motifs is 2. The van der Waals surface area contributed by atoms with Gasteiger partial charge in [0.05, 0.1) is 18.3 Å². The highest BCUT2D eigenvalue weighted by Crippen LogP contribution is 2.39. The molecule has 10 atom stereocenters. The number of aliphatic hydroxyl groups is 3. The third-order valence-electron chi connectivity index (χ3n) is 13.1. The van der Waals surface area contributed by atoms with Crippen molar-refractivity contribution in [3.63, 3.8) is 0 Å². The summed E-state index contributed by atoms with van der Waals surface area (Å²) >= 11 is 0. The van der Waals surface area contributed by atoms with E-state index >= 15 is 0 Å². The SMILES string of the molecule is C.C.COCOc1ccc(-c2ccccc2)c(/C=C/C[C@@H]2OC(C)(C)O[C@@H]2C(O)/C=C\[C@@H](C)[C@H](C)O)c1C(=O)O.COCOc1ccc(-c2ccccc2)c2c1C(=O)O[C@@H](C)[C@H](C)/C=C\C(O)[C@H]1OC(C)(C)O[C@H]1CC=C2. The van der Waals surface area contributed by atoms with Gasteiger partial charge in [-0.25, -0.2) is 9.59 Å². The maximum Gasteiger partial charge on any atom is 0.342 e. The van der Waals surface area contributed by atoms with Gasteiger partial charge in [-0.15, -0.1) is 0 Å². The molecule has 0 saturated carbocycles. The number of ether oxygens (including phenoxy) is 9. The highest BCUT2D eigenvalue weighted by Gasteiger charge is 2.45. The summed E-state index contributed by atoms with van der Waals surface area (Å²) in [6.07, 6.45) is 10.3. The van der Waals surface area contributed by atoms with Crippen LogP contribution in [-0.4, -0.2) is 121 Å². The van der Waals surface area contributed by atoms with Gasteiger partial charge in [0.1, 0.15) is 53.1 Å². The van der Waals surface area contributed by atoms with Gasteiger partial charge in [-0.2, -0.15) is 0 Å². The fourth-order valence-corrected chi connectivity index (χ4v) is 8.96. The molecule has 420 valence electrons. The van der Waals surface area contributed by atoms with Gasteiger partial charge in [0, 0.05) is 31.3 Å². The summed E-state index contributed by atoms with van der Waals surface area (Å²) in [5.41, 5.74) is 4.92. The van der Waals surface area contributed by atoms with E-state index in [2.05, 4.69) is 0 Å². The number of rotatable bonds is 16. The summed E-state index contributed by atoms with van der Waals surface area (Å²) in [5.74, 6) is -3.04. The lowest BCUT2D eigenvalue weighted by Crippen LogP contribution is -2.34. The van der Waals surface area contributed by atoms with Crippen LogP contribution in [0.3, 0.4) is 0 Å². The summed E-state index contributed by atoms with van der Waals surface area (Å²) in [6, 6.07) is 26.5. The molecule has 0 spiro atoms. The zero-order valence-electron chi connectivity index (χ0n) is 44.6. The summed E-state index contributed by atoms with van der Waals surface area (Å²) in [7, 11) is 3.00. The molecule has 4 N–H and O–H groups in total. The Balaban J connectivity index is 0.000000324. The number of carboxylic acid groups (broad SMARTS) is 1. The summed E-state index contributed by atoms with van der Waals surface area (Å²) in [5, 5.41) is 41.6. The second-order valence-corrected chi connectivity index (χ2v) is 19.8. The molecule has 7 rings (SSSR count). The lowest BCUT2D eigenvalue weighted by molar-refractivity contribution is -0.152. The number of cyclic esters (lactones) is 1. The monoisotopic (exact) mass is 1070 g/mol. The molecule has 3 heterocycles. The highest BCUT2D eigenvalue weighted by atomic mass is 16.8. The number of hydrogen-bond donors (Lipinski definition) is 4. The van der Waals surface area contributed by atoms with E-state index in [4.69, 9.17) is 42.6 Å². The van der Waals surface area contributed by atoms with E-state index < -0.39 is 66.2 Å². The van der Waals surface area contributed by atoms with Crippen molar-refractivity contribution in [1.29, 1.82) is 0 Å². The van der Waals surface area contributed by atoms with Crippen LogP contribution in [0.25, 0.3) is 34.4 Å². The summed E-state index contributed by atoms with van der Waals surface area (Å²) in [6.45, 7) is 14.5. The minimum atomic E-state index is -1.12. The molecular formula is C62H82O15. The average Bonchev–Trinajstić information content (AvgIpc) is 3.89. The molecule has 4 aromatic carbocycles. The zero-order chi connectivity index (χ0) is 54.5. The minimum Gasteiger partial charge on any atom is -0.478 e. The molecule has 0 radical (unpaired) electrons. The van der Waals surface area contributed by atoms with Gasteiger partial charge in [-0.3, -0.25) is 0 Å². The van der Waals surface area contributed by atoms with Crippen LogP contribution in [0.2, 0.25) is 0 Å². The van der Waals surface area contributed by atoms with Crippen LogP contribution in [0.4, 0.5) is 0 Å². The maximum absolute atomic E-state index is 13.6. The molecule has 3 aliphatic rings. The molecule has 15 nitrogen and oxygen atoms in total. The van der Waals surface area contributed by atoms with Gasteiger partial charge < -0.3 is 63.1 Å². The molecule has 0 aliphatic carbocycles. The molecular weight excluding hydrogens is 985 g/mol. The number of carboxylic acids is 1. The predicted octanol–water partition coefficient (Wildman–Crippen LogP) is 11.5. The van der Waals surface area contributed by atoms with Crippen LogP contribution in [-0.2, 0) is 33.2 Å². The molecule has 4 aromatic rings. The number of hydrogen-bond acceptors (Lipinski definition) is 14. The fraction of sp³-hybridized carbons (Fsp3) is 0.452. The highest BCUT2D eigenvalue weighted by molar-refractivity contribution is 6.00. The van der Waals surface area contributed by atoms with Crippen LogP contribution in [0.5, 0.6) is 11.5 Å². The topological polar surface area (TPSA) is 198 Å². The Morgan fingerprint density at radius 3 is 1.96 bits per heavy atom. The van der Waals surface area contributed by atoms with Gasteiger partial charge in [0.15, 0.2) is 25.2 Å². The molecule has 0 aromatic heterocycles. The molecule has 3 aliphatic heterocycles. The summed E-state index contributed by atoms with van der Waals surface area (Å²) < 4.78 is 51.6. The Hall–Kier alpha value is -5.98. The zero-order valence-corrected chi connectivity index (χ0v) is 44.6. The second-order valence-electron chi connectivity index (χ2n) is 19.8. The number of methoxy groups -OCH3 is 2.